The molecular formula is C15H21NO3. The van der Waals surface area contributed by atoms with Crippen molar-refractivity contribution in [2.24, 2.45) is 0 Å². The number of carboxylic acids is 1. The van der Waals surface area contributed by atoms with E-state index in [1.54, 1.807) is 0 Å². The molecule has 0 spiro atoms. The molecule has 2 atom stereocenters. The first-order chi connectivity index (χ1) is 9.18. The number of benzene rings is 1. The van der Waals surface area contributed by atoms with Gasteiger partial charge in [-0.2, -0.15) is 0 Å². The number of hydrogen-bond acceptors (Lipinski definition) is 3. The van der Waals surface area contributed by atoms with Gasteiger partial charge in [0.15, 0.2) is 0 Å². The molecular weight excluding hydrogens is 242 g/mol. The molecule has 1 aromatic rings. The summed E-state index contributed by atoms with van der Waals surface area (Å²) in [5.41, 5.74) is 1.15. The summed E-state index contributed by atoms with van der Waals surface area (Å²) >= 11 is 0. The Labute approximate surface area is 114 Å². The van der Waals surface area contributed by atoms with Crippen molar-refractivity contribution in [2.75, 3.05) is 18.1 Å². The van der Waals surface area contributed by atoms with E-state index < -0.39 is 5.97 Å². The van der Waals surface area contributed by atoms with E-state index in [4.69, 9.17) is 9.84 Å². The minimum absolute atomic E-state index is 0.199. The number of para-hydroxylation sites is 1. The molecule has 2 unspecified atom stereocenters. The van der Waals surface area contributed by atoms with Gasteiger partial charge in [0.1, 0.15) is 0 Å². The predicted molar refractivity (Wildman–Crippen MR) is 74.5 cm³/mol. The number of rotatable bonds is 6. The Hall–Kier alpha value is -1.55. The molecule has 1 N–H and O–H groups in total. The largest absolute Gasteiger partial charge is 0.481 e. The van der Waals surface area contributed by atoms with Crippen molar-refractivity contribution in [1.29, 1.82) is 0 Å². The Morgan fingerprint density at radius 2 is 2.16 bits per heavy atom. The van der Waals surface area contributed by atoms with Gasteiger partial charge in [-0.15, -0.1) is 0 Å². The molecule has 1 aromatic carbocycles. The van der Waals surface area contributed by atoms with Crippen LogP contribution in [0.2, 0.25) is 0 Å². The zero-order valence-electron chi connectivity index (χ0n) is 11.3. The topological polar surface area (TPSA) is 49.8 Å². The smallest absolute Gasteiger partial charge is 0.303 e. The average molecular weight is 263 g/mol. The highest BCUT2D eigenvalue weighted by molar-refractivity contribution is 5.66. The Bertz CT molecular complexity index is 407. The van der Waals surface area contributed by atoms with Crippen molar-refractivity contribution in [2.45, 2.75) is 38.3 Å². The highest BCUT2D eigenvalue weighted by Gasteiger charge is 2.29. The number of hydrogen-bond donors (Lipinski definition) is 1. The summed E-state index contributed by atoms with van der Waals surface area (Å²) < 4.78 is 5.64. The Morgan fingerprint density at radius 3 is 2.74 bits per heavy atom. The van der Waals surface area contributed by atoms with E-state index in [2.05, 4.69) is 24.0 Å². The second-order valence-electron chi connectivity index (χ2n) is 4.96. The summed E-state index contributed by atoms with van der Waals surface area (Å²) in [5, 5.41) is 8.77. The third kappa shape index (κ3) is 3.70. The van der Waals surface area contributed by atoms with Gasteiger partial charge in [0.2, 0.25) is 0 Å². The van der Waals surface area contributed by atoms with E-state index in [1.807, 2.05) is 18.2 Å². The molecule has 0 aromatic heterocycles. The average Bonchev–Trinajstić information content (AvgIpc) is 2.82. The molecule has 1 fully saturated rings. The fraction of sp³-hybridized carbons (Fsp3) is 0.533. The van der Waals surface area contributed by atoms with Crippen molar-refractivity contribution in [1.82, 2.24) is 0 Å². The number of aliphatic carboxylic acids is 1. The molecule has 1 heterocycles. The van der Waals surface area contributed by atoms with E-state index in [0.29, 0.717) is 12.5 Å². The Morgan fingerprint density at radius 1 is 1.42 bits per heavy atom. The second-order valence-corrected chi connectivity index (χ2v) is 4.96. The third-order valence-corrected chi connectivity index (χ3v) is 3.61. The molecule has 104 valence electrons. The molecule has 19 heavy (non-hydrogen) atoms. The van der Waals surface area contributed by atoms with Crippen molar-refractivity contribution in [3.05, 3.63) is 30.3 Å². The Kier molecular flexibility index (Phi) is 4.80. The number of carbonyl (C=O) groups is 1. The lowest BCUT2D eigenvalue weighted by Gasteiger charge is -2.33. The highest BCUT2D eigenvalue weighted by atomic mass is 16.5. The van der Waals surface area contributed by atoms with Crippen LogP contribution in [0.5, 0.6) is 0 Å². The number of ether oxygens (including phenoxy) is 1. The van der Waals surface area contributed by atoms with Crippen LogP contribution in [0.3, 0.4) is 0 Å². The molecule has 4 nitrogen and oxygen atoms in total. The summed E-state index contributed by atoms with van der Waals surface area (Å²) in [6.45, 7) is 3.63. The van der Waals surface area contributed by atoms with Crippen LogP contribution in [0, 0.1) is 0 Å². The molecule has 4 heteroatoms. The van der Waals surface area contributed by atoms with Crippen LogP contribution in [0.25, 0.3) is 0 Å². The fourth-order valence-corrected chi connectivity index (χ4v) is 2.64. The van der Waals surface area contributed by atoms with E-state index in [9.17, 15) is 4.79 Å². The maximum atomic E-state index is 10.7. The predicted octanol–water partition coefficient (Wildman–Crippen LogP) is 2.54. The molecule has 0 bridgehead atoms. The number of anilines is 1. The first-order valence-electron chi connectivity index (χ1n) is 6.83. The standard InChI is InChI=1S/C15H21NO3/c1-12-14(9-11-19-12)16(10-5-8-15(17)18)13-6-3-2-4-7-13/h2-4,6-7,12,14H,5,8-11H2,1H3,(H,17,18). The molecule has 2 rings (SSSR count). The van der Waals surface area contributed by atoms with Crippen molar-refractivity contribution < 1.29 is 14.6 Å². The second kappa shape index (κ2) is 6.57. The molecule has 0 radical (unpaired) electrons. The van der Waals surface area contributed by atoms with Crippen molar-refractivity contribution >= 4 is 11.7 Å². The normalized spacial score (nSPS) is 22.4. The lowest BCUT2D eigenvalue weighted by molar-refractivity contribution is -0.137. The van der Waals surface area contributed by atoms with Crippen LogP contribution in [0.1, 0.15) is 26.2 Å². The first kappa shape index (κ1) is 13.9. The molecule has 1 saturated heterocycles. The van der Waals surface area contributed by atoms with Gasteiger partial charge in [-0.3, -0.25) is 4.79 Å². The van der Waals surface area contributed by atoms with Gasteiger partial charge in [0, 0.05) is 25.3 Å². The summed E-state index contributed by atoms with van der Waals surface area (Å²) in [6, 6.07) is 10.5. The van der Waals surface area contributed by atoms with E-state index in [1.165, 1.54) is 0 Å². The van der Waals surface area contributed by atoms with Crippen LogP contribution >= 0.6 is 0 Å². The monoisotopic (exact) mass is 263 g/mol. The number of carboxylic acid groups (broad SMARTS) is 1. The quantitative estimate of drug-likeness (QED) is 0.857. The zero-order chi connectivity index (χ0) is 13.7. The SMILES string of the molecule is CC1OCCC1N(CCCC(=O)O)c1ccccc1. The maximum Gasteiger partial charge on any atom is 0.303 e. The Balaban J connectivity index is 2.07. The van der Waals surface area contributed by atoms with Gasteiger partial charge in [-0.25, -0.2) is 0 Å². The van der Waals surface area contributed by atoms with Gasteiger partial charge in [-0.1, -0.05) is 18.2 Å². The van der Waals surface area contributed by atoms with Crippen molar-refractivity contribution in [3.8, 4) is 0 Å². The van der Waals surface area contributed by atoms with E-state index in [0.717, 1.165) is 25.3 Å². The molecule has 0 aliphatic carbocycles. The summed E-state index contributed by atoms with van der Waals surface area (Å²) in [6.07, 6.45) is 2.08. The van der Waals surface area contributed by atoms with Crippen LogP contribution < -0.4 is 4.90 Å². The first-order valence-corrected chi connectivity index (χ1v) is 6.83. The minimum Gasteiger partial charge on any atom is -0.481 e. The van der Waals surface area contributed by atoms with Crippen LogP contribution in [-0.4, -0.2) is 36.4 Å². The summed E-state index contributed by atoms with van der Waals surface area (Å²) in [5.74, 6) is -0.733. The fourth-order valence-electron chi connectivity index (χ4n) is 2.64. The van der Waals surface area contributed by atoms with Gasteiger partial charge in [0.25, 0.3) is 0 Å². The maximum absolute atomic E-state index is 10.7. The minimum atomic E-state index is -0.733. The summed E-state index contributed by atoms with van der Waals surface area (Å²) in [4.78, 5) is 13.0. The van der Waals surface area contributed by atoms with Crippen molar-refractivity contribution in [3.63, 3.8) is 0 Å². The zero-order valence-corrected chi connectivity index (χ0v) is 11.3. The molecule has 0 saturated carbocycles. The summed E-state index contributed by atoms with van der Waals surface area (Å²) in [7, 11) is 0. The lowest BCUT2D eigenvalue weighted by Crippen LogP contribution is -2.40. The van der Waals surface area contributed by atoms with Gasteiger partial charge >= 0.3 is 5.97 Å². The van der Waals surface area contributed by atoms with Gasteiger partial charge in [-0.05, 0) is 31.9 Å². The van der Waals surface area contributed by atoms with Gasteiger partial charge < -0.3 is 14.7 Å². The van der Waals surface area contributed by atoms with Gasteiger partial charge in [0.05, 0.1) is 12.1 Å². The molecule has 1 aliphatic rings. The molecule has 1 aliphatic heterocycles. The van der Waals surface area contributed by atoms with Crippen LogP contribution in [-0.2, 0) is 9.53 Å². The van der Waals surface area contributed by atoms with Crippen LogP contribution in [0.15, 0.2) is 30.3 Å². The highest BCUT2D eigenvalue weighted by Crippen LogP contribution is 2.25. The van der Waals surface area contributed by atoms with E-state index >= 15 is 0 Å². The van der Waals surface area contributed by atoms with E-state index in [-0.39, 0.29) is 12.5 Å². The third-order valence-electron chi connectivity index (χ3n) is 3.61. The lowest BCUT2D eigenvalue weighted by atomic mass is 10.1. The molecule has 0 amide bonds. The number of nitrogens with zero attached hydrogens (tertiary/aromatic N) is 1. The van der Waals surface area contributed by atoms with Crippen LogP contribution in [0.4, 0.5) is 5.69 Å².